The SMILES string of the molecule is CC(SCCCCCCCCCC1CCCO1)C1CCCO1. The minimum absolute atomic E-state index is 0.536. The van der Waals surface area contributed by atoms with Gasteiger partial charge in [0.15, 0.2) is 0 Å². The lowest BCUT2D eigenvalue weighted by Crippen LogP contribution is -2.19. The number of rotatable bonds is 12. The summed E-state index contributed by atoms with van der Waals surface area (Å²) in [6.07, 6.45) is 17.4. The zero-order valence-corrected chi connectivity index (χ0v) is 15.4. The van der Waals surface area contributed by atoms with Crippen molar-refractivity contribution in [3.05, 3.63) is 0 Å². The minimum atomic E-state index is 0.536. The molecule has 0 spiro atoms. The maximum atomic E-state index is 5.75. The van der Waals surface area contributed by atoms with Gasteiger partial charge in [-0.15, -0.1) is 0 Å². The van der Waals surface area contributed by atoms with Crippen LogP contribution < -0.4 is 0 Å². The minimum Gasteiger partial charge on any atom is -0.378 e. The molecule has 3 unspecified atom stereocenters. The van der Waals surface area contributed by atoms with E-state index >= 15 is 0 Å². The van der Waals surface area contributed by atoms with E-state index in [9.17, 15) is 0 Å². The summed E-state index contributed by atoms with van der Waals surface area (Å²) in [6, 6.07) is 0. The molecule has 130 valence electrons. The maximum Gasteiger partial charge on any atom is 0.0691 e. The summed E-state index contributed by atoms with van der Waals surface area (Å²) in [5.41, 5.74) is 0. The fraction of sp³-hybridized carbons (Fsp3) is 1.00. The van der Waals surface area contributed by atoms with E-state index in [2.05, 4.69) is 18.7 Å². The van der Waals surface area contributed by atoms with E-state index < -0.39 is 0 Å². The van der Waals surface area contributed by atoms with Gasteiger partial charge in [-0.1, -0.05) is 45.4 Å². The van der Waals surface area contributed by atoms with E-state index in [-0.39, 0.29) is 0 Å². The van der Waals surface area contributed by atoms with E-state index in [1.54, 1.807) is 0 Å². The van der Waals surface area contributed by atoms with Crippen molar-refractivity contribution in [3.63, 3.8) is 0 Å². The van der Waals surface area contributed by atoms with Crippen molar-refractivity contribution < 1.29 is 9.47 Å². The molecule has 2 heterocycles. The standard InChI is InChI=1S/C19H36O2S/c1-17(19-13-10-15-21-19)22-16-8-6-4-2-3-5-7-11-18-12-9-14-20-18/h17-19H,2-16H2,1H3. The highest BCUT2D eigenvalue weighted by atomic mass is 32.2. The van der Waals surface area contributed by atoms with Gasteiger partial charge in [0.1, 0.15) is 0 Å². The first-order valence-electron chi connectivity index (χ1n) is 9.71. The first kappa shape index (κ1) is 18.6. The second-order valence-corrected chi connectivity index (χ2v) is 8.51. The summed E-state index contributed by atoms with van der Waals surface area (Å²) in [4.78, 5) is 0. The Balaban J connectivity index is 1.29. The van der Waals surface area contributed by atoms with Crippen molar-refractivity contribution in [1.82, 2.24) is 0 Å². The van der Waals surface area contributed by atoms with Gasteiger partial charge in [-0.3, -0.25) is 0 Å². The molecule has 22 heavy (non-hydrogen) atoms. The summed E-state index contributed by atoms with van der Waals surface area (Å²) in [5, 5.41) is 0.695. The van der Waals surface area contributed by atoms with Crippen LogP contribution in [-0.2, 0) is 9.47 Å². The lowest BCUT2D eigenvalue weighted by Gasteiger charge is -2.17. The molecule has 3 heteroatoms. The smallest absolute Gasteiger partial charge is 0.0691 e. The lowest BCUT2D eigenvalue weighted by atomic mass is 10.1. The Morgan fingerprint density at radius 2 is 1.55 bits per heavy atom. The Morgan fingerprint density at radius 3 is 2.23 bits per heavy atom. The molecule has 3 atom stereocenters. The predicted octanol–water partition coefficient (Wildman–Crippen LogP) is 5.59. The van der Waals surface area contributed by atoms with Crippen LogP contribution >= 0.6 is 11.8 Å². The Labute approximate surface area is 142 Å². The molecule has 0 aromatic heterocycles. The Hall–Kier alpha value is 0.270. The molecular weight excluding hydrogens is 292 g/mol. The first-order chi connectivity index (χ1) is 10.9. The third kappa shape index (κ3) is 7.70. The van der Waals surface area contributed by atoms with Gasteiger partial charge >= 0.3 is 0 Å². The second-order valence-electron chi connectivity index (χ2n) is 7.03. The van der Waals surface area contributed by atoms with Crippen molar-refractivity contribution in [2.45, 2.75) is 101 Å². The fourth-order valence-electron chi connectivity index (χ4n) is 3.58. The normalized spacial score (nSPS) is 26.6. The van der Waals surface area contributed by atoms with Crippen LogP contribution in [-0.4, -0.2) is 36.4 Å². The Bertz CT molecular complexity index is 260. The van der Waals surface area contributed by atoms with Gasteiger partial charge < -0.3 is 9.47 Å². The predicted molar refractivity (Wildman–Crippen MR) is 96.8 cm³/mol. The first-order valence-corrected chi connectivity index (χ1v) is 10.8. The number of hydrogen-bond acceptors (Lipinski definition) is 3. The number of unbranched alkanes of at least 4 members (excludes halogenated alkanes) is 6. The molecule has 2 fully saturated rings. The van der Waals surface area contributed by atoms with Crippen LogP contribution in [0, 0.1) is 0 Å². The molecular formula is C19H36O2S. The average Bonchev–Trinajstić information content (AvgIpc) is 3.22. The second kappa shape index (κ2) is 11.8. The molecule has 0 aromatic carbocycles. The van der Waals surface area contributed by atoms with Gasteiger partial charge in [0.25, 0.3) is 0 Å². The summed E-state index contributed by atoms with van der Waals surface area (Å²) in [7, 11) is 0. The van der Waals surface area contributed by atoms with Crippen LogP contribution in [0.15, 0.2) is 0 Å². The van der Waals surface area contributed by atoms with Gasteiger partial charge in [-0.05, 0) is 44.3 Å². The Morgan fingerprint density at radius 1 is 0.864 bits per heavy atom. The largest absolute Gasteiger partial charge is 0.378 e. The molecule has 0 bridgehead atoms. The molecule has 0 aromatic rings. The maximum absolute atomic E-state index is 5.75. The Kier molecular flexibility index (Phi) is 9.94. The van der Waals surface area contributed by atoms with Crippen molar-refractivity contribution in [2.24, 2.45) is 0 Å². The van der Waals surface area contributed by atoms with Crippen LogP contribution in [0.2, 0.25) is 0 Å². The number of thioether (sulfide) groups is 1. The summed E-state index contributed by atoms with van der Waals surface area (Å²) in [5.74, 6) is 1.32. The molecule has 0 N–H and O–H groups in total. The molecule has 2 aliphatic rings. The third-order valence-corrected chi connectivity index (χ3v) is 6.42. The molecule has 2 nitrogen and oxygen atoms in total. The van der Waals surface area contributed by atoms with E-state index in [0.717, 1.165) is 13.2 Å². The van der Waals surface area contributed by atoms with Crippen molar-refractivity contribution in [3.8, 4) is 0 Å². The average molecular weight is 329 g/mol. The van der Waals surface area contributed by atoms with E-state index in [1.807, 2.05) is 0 Å². The third-order valence-electron chi connectivity index (χ3n) is 5.06. The zero-order valence-electron chi connectivity index (χ0n) is 14.6. The van der Waals surface area contributed by atoms with Crippen LogP contribution in [0.3, 0.4) is 0 Å². The molecule has 0 aliphatic carbocycles. The van der Waals surface area contributed by atoms with Gasteiger partial charge in [-0.25, -0.2) is 0 Å². The molecule has 2 rings (SSSR count). The van der Waals surface area contributed by atoms with E-state index in [4.69, 9.17) is 9.47 Å². The van der Waals surface area contributed by atoms with Crippen molar-refractivity contribution in [1.29, 1.82) is 0 Å². The topological polar surface area (TPSA) is 18.5 Å². The van der Waals surface area contributed by atoms with Crippen LogP contribution in [0.5, 0.6) is 0 Å². The molecule has 0 amide bonds. The summed E-state index contributed by atoms with van der Waals surface area (Å²) >= 11 is 2.12. The number of hydrogen-bond donors (Lipinski definition) is 0. The summed E-state index contributed by atoms with van der Waals surface area (Å²) < 4.78 is 11.4. The van der Waals surface area contributed by atoms with Gasteiger partial charge in [0.05, 0.1) is 12.2 Å². The monoisotopic (exact) mass is 328 g/mol. The highest BCUT2D eigenvalue weighted by Gasteiger charge is 2.22. The fourth-order valence-corrected chi connectivity index (χ4v) is 4.75. The van der Waals surface area contributed by atoms with E-state index in [0.29, 0.717) is 17.5 Å². The van der Waals surface area contributed by atoms with Gasteiger partial charge in [0.2, 0.25) is 0 Å². The molecule has 0 radical (unpaired) electrons. The van der Waals surface area contributed by atoms with Crippen molar-refractivity contribution >= 4 is 11.8 Å². The zero-order chi connectivity index (χ0) is 15.5. The van der Waals surface area contributed by atoms with E-state index in [1.165, 1.54) is 82.8 Å². The highest BCUT2D eigenvalue weighted by molar-refractivity contribution is 7.99. The molecule has 0 saturated carbocycles. The van der Waals surface area contributed by atoms with Gasteiger partial charge in [0, 0.05) is 18.5 Å². The van der Waals surface area contributed by atoms with Crippen molar-refractivity contribution in [2.75, 3.05) is 19.0 Å². The van der Waals surface area contributed by atoms with Crippen LogP contribution in [0.4, 0.5) is 0 Å². The molecule has 2 aliphatic heterocycles. The summed E-state index contributed by atoms with van der Waals surface area (Å²) in [6.45, 7) is 4.34. The van der Waals surface area contributed by atoms with Crippen LogP contribution in [0.25, 0.3) is 0 Å². The van der Waals surface area contributed by atoms with Crippen LogP contribution in [0.1, 0.15) is 84.0 Å². The molecule has 2 saturated heterocycles. The lowest BCUT2D eigenvalue weighted by molar-refractivity contribution is 0.102. The quantitative estimate of drug-likeness (QED) is 0.435. The highest BCUT2D eigenvalue weighted by Crippen LogP contribution is 2.25. The van der Waals surface area contributed by atoms with Gasteiger partial charge in [-0.2, -0.15) is 11.8 Å². The number of ether oxygens (including phenoxy) is 2.